The number of halogens is 3. The number of nitrogens with one attached hydrogen (secondary N) is 1. The van der Waals surface area contributed by atoms with E-state index in [0.29, 0.717) is 36.7 Å². The number of anilines is 2. The number of esters is 1. The third-order valence-corrected chi connectivity index (χ3v) is 4.62. The molecule has 11 heteroatoms. The average molecular weight is 439 g/mol. The zero-order valence-corrected chi connectivity index (χ0v) is 16.5. The number of alkyl halides is 3. The molecular weight excluding hydrogens is 419 g/mol. The predicted molar refractivity (Wildman–Crippen MR) is 103 cm³/mol. The highest BCUT2D eigenvalue weighted by Gasteiger charge is 2.32. The van der Waals surface area contributed by atoms with Crippen LogP contribution in [0.5, 0.6) is 0 Å². The second kappa shape index (κ2) is 9.21. The minimum absolute atomic E-state index is 0.0447. The van der Waals surface area contributed by atoms with Crippen molar-refractivity contribution >= 4 is 23.3 Å². The fraction of sp³-hybridized carbons (Fsp3) is 0.350. The van der Waals surface area contributed by atoms with E-state index in [0.717, 1.165) is 24.5 Å². The van der Waals surface area contributed by atoms with Crippen LogP contribution in [0.2, 0.25) is 0 Å². The number of carbonyl (C=O) groups is 2. The Kier molecular flexibility index (Phi) is 6.64. The number of rotatable bonds is 5. The number of amides is 1. The van der Waals surface area contributed by atoms with Gasteiger partial charge in [0.15, 0.2) is 18.5 Å². The molecule has 1 saturated heterocycles. The number of nitrogens with zero attached hydrogens (tertiary/aromatic N) is 2. The largest absolute Gasteiger partial charge is 0.619 e. The summed E-state index contributed by atoms with van der Waals surface area (Å²) >= 11 is 0. The van der Waals surface area contributed by atoms with Gasteiger partial charge in [0.1, 0.15) is 0 Å². The number of ether oxygens (including phenoxy) is 2. The fourth-order valence-electron chi connectivity index (χ4n) is 2.96. The van der Waals surface area contributed by atoms with Gasteiger partial charge < -0.3 is 24.9 Å². The van der Waals surface area contributed by atoms with Crippen molar-refractivity contribution in [1.82, 2.24) is 0 Å². The minimum atomic E-state index is -4.59. The number of hydrogen-bond acceptors (Lipinski definition) is 6. The molecule has 1 aromatic carbocycles. The van der Waals surface area contributed by atoms with Gasteiger partial charge in [-0.2, -0.15) is 17.9 Å². The third-order valence-electron chi connectivity index (χ3n) is 4.62. The van der Waals surface area contributed by atoms with Gasteiger partial charge in [0.25, 0.3) is 5.91 Å². The second-order valence-corrected chi connectivity index (χ2v) is 6.81. The molecule has 1 aliphatic rings. The Bertz CT molecular complexity index is 944. The minimum Gasteiger partial charge on any atom is -0.619 e. The van der Waals surface area contributed by atoms with E-state index in [9.17, 15) is 28.0 Å². The Morgan fingerprint density at radius 3 is 2.45 bits per heavy atom. The second-order valence-electron chi connectivity index (χ2n) is 6.81. The molecule has 0 radical (unpaired) electrons. The van der Waals surface area contributed by atoms with Crippen molar-refractivity contribution in [1.29, 1.82) is 0 Å². The van der Waals surface area contributed by atoms with E-state index in [2.05, 4.69) is 5.32 Å². The van der Waals surface area contributed by atoms with Gasteiger partial charge in [-0.15, -0.1) is 0 Å². The van der Waals surface area contributed by atoms with Crippen LogP contribution in [0.1, 0.15) is 22.8 Å². The number of morpholine rings is 1. The highest BCUT2D eigenvalue weighted by molar-refractivity contribution is 5.99. The van der Waals surface area contributed by atoms with Crippen LogP contribution in [0.4, 0.5) is 24.5 Å². The summed E-state index contributed by atoms with van der Waals surface area (Å²) in [5.41, 5.74) is -0.498. The first-order valence-electron chi connectivity index (χ1n) is 9.40. The molecule has 1 aliphatic heterocycles. The Morgan fingerprint density at radius 1 is 1.19 bits per heavy atom. The number of benzene rings is 1. The van der Waals surface area contributed by atoms with Crippen molar-refractivity contribution in [3.63, 3.8) is 0 Å². The van der Waals surface area contributed by atoms with E-state index in [1.807, 2.05) is 0 Å². The van der Waals surface area contributed by atoms with E-state index in [1.54, 1.807) is 4.90 Å². The summed E-state index contributed by atoms with van der Waals surface area (Å²) in [6.07, 6.45) is -3.69. The van der Waals surface area contributed by atoms with Crippen molar-refractivity contribution in [2.75, 3.05) is 36.5 Å². The lowest BCUT2D eigenvalue weighted by molar-refractivity contribution is -0.605. The normalized spacial score (nSPS) is 15.3. The van der Waals surface area contributed by atoms with Crippen molar-refractivity contribution < 1.29 is 37.0 Å². The summed E-state index contributed by atoms with van der Waals surface area (Å²) in [4.78, 5) is 26.5. The van der Waals surface area contributed by atoms with Gasteiger partial charge in [0.2, 0.25) is 0 Å². The lowest BCUT2D eigenvalue weighted by Gasteiger charge is -2.31. The third kappa shape index (κ3) is 5.63. The number of hydrogen-bond donors (Lipinski definition) is 1. The first kappa shape index (κ1) is 22.3. The lowest BCUT2D eigenvalue weighted by atomic mass is 10.1. The van der Waals surface area contributed by atoms with Gasteiger partial charge in [-0.05, 0) is 25.1 Å². The molecule has 1 aromatic heterocycles. The van der Waals surface area contributed by atoms with Crippen molar-refractivity contribution in [2.24, 2.45) is 0 Å². The first-order valence-corrected chi connectivity index (χ1v) is 9.40. The van der Waals surface area contributed by atoms with Gasteiger partial charge >= 0.3 is 12.1 Å². The molecule has 0 aliphatic carbocycles. The van der Waals surface area contributed by atoms with Crippen LogP contribution in [-0.4, -0.2) is 44.3 Å². The summed E-state index contributed by atoms with van der Waals surface area (Å²) in [5.74, 6) is -1.64. The standard InChI is InChI=1S/C20H20F3N3O5/c1-13(31-19(28)14-4-6-26(29)7-5-14)18(27)24-16-12-15(20(21,22)23)2-3-17(16)25-8-10-30-11-9-25/h2-7,12-13H,8-11H2,1H3,(H,24,27)/t13-/m1/s1. The fourth-order valence-corrected chi connectivity index (χ4v) is 2.96. The predicted octanol–water partition coefficient (Wildman–Crippen LogP) is 2.36. The zero-order chi connectivity index (χ0) is 22.6. The van der Waals surface area contributed by atoms with Crippen LogP contribution < -0.4 is 14.9 Å². The maximum Gasteiger partial charge on any atom is 0.416 e. The molecule has 1 atom stereocenters. The summed E-state index contributed by atoms with van der Waals surface area (Å²) in [6.45, 7) is 3.01. The Morgan fingerprint density at radius 2 is 1.84 bits per heavy atom. The average Bonchev–Trinajstić information content (AvgIpc) is 2.74. The van der Waals surface area contributed by atoms with Gasteiger partial charge in [0, 0.05) is 25.2 Å². The molecule has 31 heavy (non-hydrogen) atoms. The van der Waals surface area contributed by atoms with E-state index in [4.69, 9.17) is 9.47 Å². The Balaban J connectivity index is 1.77. The van der Waals surface area contributed by atoms with Gasteiger partial charge in [-0.3, -0.25) is 4.79 Å². The van der Waals surface area contributed by atoms with Crippen molar-refractivity contribution in [3.05, 3.63) is 59.1 Å². The summed E-state index contributed by atoms with van der Waals surface area (Å²) < 4.78 is 50.4. The van der Waals surface area contributed by atoms with E-state index in [-0.39, 0.29) is 11.3 Å². The molecule has 0 saturated carbocycles. The lowest BCUT2D eigenvalue weighted by Crippen LogP contribution is -2.37. The summed E-state index contributed by atoms with van der Waals surface area (Å²) in [6, 6.07) is 5.54. The van der Waals surface area contributed by atoms with E-state index < -0.39 is 29.7 Å². The molecule has 2 aromatic rings. The Hall–Kier alpha value is -3.34. The number of aromatic nitrogens is 1. The quantitative estimate of drug-likeness (QED) is 0.437. The Labute approximate surface area is 175 Å². The van der Waals surface area contributed by atoms with Crippen LogP contribution >= 0.6 is 0 Å². The van der Waals surface area contributed by atoms with Crippen LogP contribution in [0, 0.1) is 5.21 Å². The highest BCUT2D eigenvalue weighted by Crippen LogP contribution is 2.35. The molecule has 1 fully saturated rings. The molecular formula is C20H20F3N3O5. The van der Waals surface area contributed by atoms with Crippen molar-refractivity contribution in [2.45, 2.75) is 19.2 Å². The molecule has 166 valence electrons. The monoisotopic (exact) mass is 439 g/mol. The van der Waals surface area contributed by atoms with Crippen LogP contribution in [-0.2, 0) is 20.4 Å². The zero-order valence-electron chi connectivity index (χ0n) is 16.5. The van der Waals surface area contributed by atoms with Gasteiger partial charge in [-0.25, -0.2) is 4.79 Å². The van der Waals surface area contributed by atoms with Gasteiger partial charge in [0.05, 0.1) is 35.7 Å². The van der Waals surface area contributed by atoms with Crippen molar-refractivity contribution in [3.8, 4) is 0 Å². The van der Waals surface area contributed by atoms with Gasteiger partial charge in [-0.1, -0.05) is 0 Å². The smallest absolute Gasteiger partial charge is 0.416 e. The highest BCUT2D eigenvalue weighted by atomic mass is 19.4. The van der Waals surface area contributed by atoms with Crippen LogP contribution in [0.15, 0.2) is 42.7 Å². The maximum absolute atomic E-state index is 13.2. The van der Waals surface area contributed by atoms with Crippen LogP contribution in [0.3, 0.4) is 0 Å². The summed E-state index contributed by atoms with van der Waals surface area (Å²) in [5, 5.41) is 13.5. The van der Waals surface area contributed by atoms with E-state index in [1.165, 1.54) is 25.1 Å². The molecule has 2 heterocycles. The number of pyridine rings is 1. The molecule has 0 spiro atoms. The first-order chi connectivity index (χ1) is 14.6. The molecule has 3 rings (SSSR count). The van der Waals surface area contributed by atoms with Crippen LogP contribution in [0.25, 0.3) is 0 Å². The molecule has 0 unspecified atom stereocenters. The number of carbonyl (C=O) groups excluding carboxylic acids is 2. The molecule has 1 amide bonds. The maximum atomic E-state index is 13.2. The SMILES string of the molecule is C[C@@H](OC(=O)c1cc[n+]([O-])cc1)C(=O)Nc1cc(C(F)(F)F)ccc1N1CCOCC1. The topological polar surface area (TPSA) is 94.8 Å². The molecule has 1 N–H and O–H groups in total. The summed E-state index contributed by atoms with van der Waals surface area (Å²) in [7, 11) is 0. The molecule has 8 nitrogen and oxygen atoms in total. The van der Waals surface area contributed by atoms with E-state index >= 15 is 0 Å². The molecule has 0 bridgehead atoms.